The maximum atomic E-state index is 4.62. The number of nitrogens with zero attached hydrogens (tertiary/aromatic N) is 2. The molecule has 0 aliphatic heterocycles. The Morgan fingerprint density at radius 3 is 2.95 bits per heavy atom. The molecule has 0 aromatic carbocycles. The van der Waals surface area contributed by atoms with Crippen molar-refractivity contribution in [2.75, 3.05) is 19.6 Å². The molecule has 0 unspecified atom stereocenters. The van der Waals surface area contributed by atoms with E-state index >= 15 is 0 Å². The highest BCUT2D eigenvalue weighted by atomic mass is 15.2. The van der Waals surface area contributed by atoms with Crippen LogP contribution in [0.2, 0.25) is 0 Å². The van der Waals surface area contributed by atoms with Gasteiger partial charge in [0.1, 0.15) is 0 Å². The van der Waals surface area contributed by atoms with E-state index < -0.39 is 0 Å². The van der Waals surface area contributed by atoms with Gasteiger partial charge in [-0.2, -0.15) is 0 Å². The molecule has 4 nitrogen and oxygen atoms in total. The first-order chi connectivity index (χ1) is 9.88. The van der Waals surface area contributed by atoms with Crippen LogP contribution >= 0.6 is 0 Å². The van der Waals surface area contributed by atoms with E-state index in [1.807, 2.05) is 18.3 Å². The number of nitrogens with one attached hydrogen (secondary N) is 2. The molecule has 1 fully saturated rings. The molecule has 0 amide bonds. The van der Waals surface area contributed by atoms with Crippen LogP contribution in [-0.4, -0.2) is 30.6 Å². The Labute approximate surface area is 122 Å². The van der Waals surface area contributed by atoms with Crippen molar-refractivity contribution in [3.63, 3.8) is 0 Å². The van der Waals surface area contributed by atoms with E-state index in [1.165, 1.54) is 25.7 Å². The minimum Gasteiger partial charge on any atom is -0.357 e. The molecule has 20 heavy (non-hydrogen) atoms. The average Bonchev–Trinajstić information content (AvgIpc) is 3.29. The predicted octanol–water partition coefficient (Wildman–Crippen LogP) is 2.37. The van der Waals surface area contributed by atoms with Gasteiger partial charge in [-0.1, -0.05) is 18.9 Å². The fraction of sp³-hybridized carbons (Fsp3) is 0.625. The van der Waals surface area contributed by atoms with Crippen LogP contribution in [0.3, 0.4) is 0 Å². The molecular formula is C16H26N4. The second-order valence-corrected chi connectivity index (χ2v) is 5.34. The minimum atomic E-state index is 0.867. The zero-order valence-corrected chi connectivity index (χ0v) is 12.4. The SMILES string of the molecule is CCNC(=NCCCC1CC1)NCCc1ccccn1. The lowest BCUT2D eigenvalue weighted by molar-refractivity contribution is 0.670. The summed E-state index contributed by atoms with van der Waals surface area (Å²) in [4.78, 5) is 8.94. The Hall–Kier alpha value is -1.58. The van der Waals surface area contributed by atoms with Crippen molar-refractivity contribution in [3.8, 4) is 0 Å². The summed E-state index contributed by atoms with van der Waals surface area (Å²) in [5.74, 6) is 1.93. The third-order valence-corrected chi connectivity index (χ3v) is 3.48. The van der Waals surface area contributed by atoms with Crippen LogP contribution in [0, 0.1) is 5.92 Å². The number of rotatable bonds is 8. The van der Waals surface area contributed by atoms with Crippen molar-refractivity contribution in [3.05, 3.63) is 30.1 Å². The summed E-state index contributed by atoms with van der Waals surface area (Å²) in [7, 11) is 0. The van der Waals surface area contributed by atoms with E-state index in [9.17, 15) is 0 Å². The van der Waals surface area contributed by atoms with Crippen molar-refractivity contribution >= 4 is 5.96 Å². The molecule has 0 radical (unpaired) electrons. The fourth-order valence-corrected chi connectivity index (χ4v) is 2.17. The molecule has 2 N–H and O–H groups in total. The monoisotopic (exact) mass is 274 g/mol. The summed E-state index contributed by atoms with van der Waals surface area (Å²) in [5.41, 5.74) is 1.12. The summed E-state index contributed by atoms with van der Waals surface area (Å²) in [6.45, 7) is 4.79. The average molecular weight is 274 g/mol. The lowest BCUT2D eigenvalue weighted by atomic mass is 10.2. The van der Waals surface area contributed by atoms with Crippen LogP contribution in [0.1, 0.15) is 38.3 Å². The molecule has 4 heteroatoms. The molecule has 0 bridgehead atoms. The quantitative estimate of drug-likeness (QED) is 0.435. The van der Waals surface area contributed by atoms with Gasteiger partial charge in [0.25, 0.3) is 0 Å². The normalized spacial score (nSPS) is 15.2. The summed E-state index contributed by atoms with van der Waals surface area (Å²) in [6, 6.07) is 6.03. The summed E-state index contributed by atoms with van der Waals surface area (Å²) < 4.78 is 0. The molecule has 1 aromatic heterocycles. The van der Waals surface area contributed by atoms with Gasteiger partial charge in [-0.15, -0.1) is 0 Å². The highest BCUT2D eigenvalue weighted by Crippen LogP contribution is 2.33. The van der Waals surface area contributed by atoms with Gasteiger partial charge in [0, 0.05) is 37.9 Å². The highest BCUT2D eigenvalue weighted by Gasteiger charge is 2.19. The van der Waals surface area contributed by atoms with Crippen LogP contribution in [0.5, 0.6) is 0 Å². The number of aromatic nitrogens is 1. The van der Waals surface area contributed by atoms with Crippen molar-refractivity contribution in [2.45, 2.75) is 39.0 Å². The molecule has 110 valence electrons. The third-order valence-electron chi connectivity index (χ3n) is 3.48. The Bertz CT molecular complexity index is 398. The van der Waals surface area contributed by atoms with Crippen LogP contribution in [0.25, 0.3) is 0 Å². The van der Waals surface area contributed by atoms with E-state index in [1.54, 1.807) is 0 Å². The topological polar surface area (TPSA) is 49.3 Å². The standard InChI is InChI=1S/C16H26N4/c1-2-17-16(19-12-5-6-14-8-9-14)20-13-10-15-7-3-4-11-18-15/h3-4,7,11,14H,2,5-6,8-10,12-13H2,1H3,(H2,17,19,20). The van der Waals surface area contributed by atoms with Gasteiger partial charge < -0.3 is 10.6 Å². The molecule has 1 aliphatic carbocycles. The smallest absolute Gasteiger partial charge is 0.191 e. The van der Waals surface area contributed by atoms with E-state index in [-0.39, 0.29) is 0 Å². The Morgan fingerprint density at radius 1 is 1.35 bits per heavy atom. The molecule has 0 saturated heterocycles. The number of hydrogen-bond donors (Lipinski definition) is 2. The largest absolute Gasteiger partial charge is 0.357 e. The first kappa shape index (κ1) is 14.8. The predicted molar refractivity (Wildman–Crippen MR) is 83.9 cm³/mol. The number of pyridine rings is 1. The first-order valence-corrected chi connectivity index (χ1v) is 7.80. The minimum absolute atomic E-state index is 0.867. The molecule has 0 spiro atoms. The third kappa shape index (κ3) is 6.04. The van der Waals surface area contributed by atoms with Crippen molar-refractivity contribution in [1.82, 2.24) is 15.6 Å². The van der Waals surface area contributed by atoms with Gasteiger partial charge in [-0.25, -0.2) is 0 Å². The van der Waals surface area contributed by atoms with E-state index in [0.717, 1.165) is 43.6 Å². The second-order valence-electron chi connectivity index (χ2n) is 5.34. The lowest BCUT2D eigenvalue weighted by Gasteiger charge is -2.11. The van der Waals surface area contributed by atoms with Crippen molar-refractivity contribution < 1.29 is 0 Å². The number of aliphatic imine (C=N–C) groups is 1. The molecular weight excluding hydrogens is 248 g/mol. The highest BCUT2D eigenvalue weighted by molar-refractivity contribution is 5.79. The summed E-state index contributed by atoms with van der Waals surface area (Å²) in [5, 5.41) is 6.66. The Kier molecular flexibility index (Phi) is 6.35. The fourth-order valence-electron chi connectivity index (χ4n) is 2.17. The molecule has 2 rings (SSSR count). The van der Waals surface area contributed by atoms with Crippen molar-refractivity contribution in [1.29, 1.82) is 0 Å². The lowest BCUT2D eigenvalue weighted by Crippen LogP contribution is -2.38. The van der Waals surface area contributed by atoms with Gasteiger partial charge in [0.05, 0.1) is 0 Å². The van der Waals surface area contributed by atoms with Crippen LogP contribution in [-0.2, 0) is 6.42 Å². The molecule has 1 saturated carbocycles. The zero-order valence-electron chi connectivity index (χ0n) is 12.4. The van der Waals surface area contributed by atoms with Crippen molar-refractivity contribution in [2.24, 2.45) is 10.9 Å². The maximum absolute atomic E-state index is 4.62. The van der Waals surface area contributed by atoms with E-state index in [4.69, 9.17) is 0 Å². The van der Waals surface area contributed by atoms with Crippen LogP contribution in [0.15, 0.2) is 29.4 Å². The maximum Gasteiger partial charge on any atom is 0.191 e. The summed E-state index contributed by atoms with van der Waals surface area (Å²) in [6.07, 6.45) is 8.19. The summed E-state index contributed by atoms with van der Waals surface area (Å²) >= 11 is 0. The van der Waals surface area contributed by atoms with Gasteiger partial charge >= 0.3 is 0 Å². The van der Waals surface area contributed by atoms with E-state index in [2.05, 4.69) is 33.6 Å². The van der Waals surface area contributed by atoms with Crippen LogP contribution in [0.4, 0.5) is 0 Å². The molecule has 1 aliphatic rings. The van der Waals surface area contributed by atoms with Gasteiger partial charge in [0.2, 0.25) is 0 Å². The molecule has 0 atom stereocenters. The van der Waals surface area contributed by atoms with Gasteiger partial charge in [-0.05, 0) is 37.8 Å². The molecule has 1 aromatic rings. The Morgan fingerprint density at radius 2 is 2.25 bits per heavy atom. The molecule has 1 heterocycles. The number of hydrogen-bond acceptors (Lipinski definition) is 2. The van der Waals surface area contributed by atoms with E-state index in [0.29, 0.717) is 0 Å². The number of guanidine groups is 1. The second kappa shape index (κ2) is 8.56. The van der Waals surface area contributed by atoms with Gasteiger partial charge in [0.15, 0.2) is 5.96 Å². The first-order valence-electron chi connectivity index (χ1n) is 7.80. The van der Waals surface area contributed by atoms with Gasteiger partial charge in [-0.3, -0.25) is 9.98 Å². The Balaban J connectivity index is 1.66. The van der Waals surface area contributed by atoms with Crippen LogP contribution < -0.4 is 10.6 Å². The zero-order chi connectivity index (χ0) is 14.0.